The molecule has 1 amide bonds. The summed E-state index contributed by atoms with van der Waals surface area (Å²) in [5.74, 6) is 1.56. The minimum Gasteiger partial charge on any atom is -0.352 e. The minimum absolute atomic E-state index is 0.102. The number of amides is 1. The zero-order valence-corrected chi connectivity index (χ0v) is 16.2. The molecule has 0 aliphatic rings. The largest absolute Gasteiger partial charge is 0.352 e. The molecule has 0 aliphatic carbocycles. The Kier molecular flexibility index (Phi) is 5.12. The summed E-state index contributed by atoms with van der Waals surface area (Å²) in [4.78, 5) is 24.8. The Bertz CT molecular complexity index is 1130. The second kappa shape index (κ2) is 7.86. The molecule has 0 radical (unpaired) electrons. The number of aromatic nitrogens is 4. The molecule has 0 spiro atoms. The normalized spacial score (nSPS) is 11.1. The number of aromatic amines is 1. The predicted molar refractivity (Wildman–Crippen MR) is 110 cm³/mol. The van der Waals surface area contributed by atoms with Crippen molar-refractivity contribution in [3.05, 3.63) is 71.3 Å². The molecule has 0 bridgehead atoms. The molecule has 28 heavy (non-hydrogen) atoms. The van der Waals surface area contributed by atoms with Crippen LogP contribution in [0, 0.1) is 0 Å². The van der Waals surface area contributed by atoms with Gasteiger partial charge in [0.2, 0.25) is 0 Å². The summed E-state index contributed by atoms with van der Waals surface area (Å²) in [6.45, 7) is 0.561. The Morgan fingerprint density at radius 3 is 2.93 bits per heavy atom. The van der Waals surface area contributed by atoms with E-state index < -0.39 is 0 Å². The SMILES string of the molecule is Cn1ccnc1-c1ccccc1C(=O)NCCCc1nc2ccc(Cl)cc2[nH]1. The van der Waals surface area contributed by atoms with E-state index in [2.05, 4.69) is 20.3 Å². The van der Waals surface area contributed by atoms with Crippen molar-refractivity contribution in [3.8, 4) is 11.4 Å². The Morgan fingerprint density at radius 1 is 1.25 bits per heavy atom. The first-order valence-electron chi connectivity index (χ1n) is 9.11. The molecular weight excluding hydrogens is 374 g/mol. The van der Waals surface area contributed by atoms with Crippen LogP contribution < -0.4 is 5.32 Å². The summed E-state index contributed by atoms with van der Waals surface area (Å²) in [6, 6.07) is 13.1. The van der Waals surface area contributed by atoms with Crippen molar-refractivity contribution >= 4 is 28.5 Å². The first kappa shape index (κ1) is 18.3. The number of rotatable bonds is 6. The maximum Gasteiger partial charge on any atom is 0.252 e. The highest BCUT2D eigenvalue weighted by atomic mass is 35.5. The number of nitrogens with one attached hydrogen (secondary N) is 2. The quantitative estimate of drug-likeness (QED) is 0.486. The molecule has 2 N–H and O–H groups in total. The van der Waals surface area contributed by atoms with Crippen molar-refractivity contribution in [1.29, 1.82) is 0 Å². The van der Waals surface area contributed by atoms with Crippen LogP contribution in [0.3, 0.4) is 0 Å². The first-order valence-corrected chi connectivity index (χ1v) is 9.48. The van der Waals surface area contributed by atoms with Gasteiger partial charge in [0.1, 0.15) is 11.6 Å². The summed E-state index contributed by atoms with van der Waals surface area (Å²) >= 11 is 6.01. The molecule has 0 atom stereocenters. The van der Waals surface area contributed by atoms with Crippen LogP contribution in [0.2, 0.25) is 5.02 Å². The summed E-state index contributed by atoms with van der Waals surface area (Å²) in [5, 5.41) is 3.68. The molecule has 0 unspecified atom stereocenters. The van der Waals surface area contributed by atoms with Gasteiger partial charge in [0.05, 0.1) is 16.6 Å². The summed E-state index contributed by atoms with van der Waals surface area (Å²) in [6.07, 6.45) is 5.12. The van der Waals surface area contributed by atoms with E-state index in [1.165, 1.54) is 0 Å². The van der Waals surface area contributed by atoms with E-state index in [1.807, 2.05) is 60.3 Å². The zero-order chi connectivity index (χ0) is 19.5. The molecule has 4 rings (SSSR count). The fourth-order valence-electron chi connectivity index (χ4n) is 3.21. The average molecular weight is 394 g/mol. The number of hydrogen-bond donors (Lipinski definition) is 2. The fraction of sp³-hybridized carbons (Fsp3) is 0.190. The summed E-state index contributed by atoms with van der Waals surface area (Å²) in [7, 11) is 1.91. The number of imidazole rings is 2. The third-order valence-electron chi connectivity index (χ3n) is 4.60. The van der Waals surface area contributed by atoms with E-state index in [0.29, 0.717) is 17.1 Å². The Labute approximate surface area is 167 Å². The van der Waals surface area contributed by atoms with Gasteiger partial charge in [-0.15, -0.1) is 0 Å². The van der Waals surface area contributed by atoms with Crippen LogP contribution in [0.1, 0.15) is 22.6 Å². The molecule has 7 heteroatoms. The van der Waals surface area contributed by atoms with E-state index in [4.69, 9.17) is 11.6 Å². The van der Waals surface area contributed by atoms with Crippen molar-refractivity contribution in [1.82, 2.24) is 24.8 Å². The van der Waals surface area contributed by atoms with Crippen LogP contribution >= 0.6 is 11.6 Å². The van der Waals surface area contributed by atoms with Gasteiger partial charge in [0, 0.05) is 43.0 Å². The van der Waals surface area contributed by atoms with Gasteiger partial charge in [-0.3, -0.25) is 4.79 Å². The third-order valence-corrected chi connectivity index (χ3v) is 4.84. The maximum absolute atomic E-state index is 12.7. The minimum atomic E-state index is -0.102. The van der Waals surface area contributed by atoms with Gasteiger partial charge in [0.25, 0.3) is 5.91 Å². The van der Waals surface area contributed by atoms with Gasteiger partial charge in [0.15, 0.2) is 0 Å². The van der Waals surface area contributed by atoms with Crippen LogP contribution in [-0.4, -0.2) is 32.0 Å². The standard InChI is InChI=1S/C21H20ClN5O/c1-27-12-11-23-20(27)15-5-2-3-6-16(15)21(28)24-10-4-7-19-25-17-9-8-14(22)13-18(17)26-19/h2-3,5-6,8-9,11-13H,4,7,10H2,1H3,(H,24,28)(H,25,26). The number of nitrogens with zero attached hydrogens (tertiary/aromatic N) is 3. The van der Waals surface area contributed by atoms with Gasteiger partial charge >= 0.3 is 0 Å². The monoisotopic (exact) mass is 393 g/mol. The highest BCUT2D eigenvalue weighted by Gasteiger charge is 2.14. The van der Waals surface area contributed by atoms with E-state index in [0.717, 1.165) is 41.1 Å². The van der Waals surface area contributed by atoms with E-state index in [9.17, 15) is 4.79 Å². The summed E-state index contributed by atoms with van der Waals surface area (Å²) < 4.78 is 1.90. The van der Waals surface area contributed by atoms with Crippen LogP contribution in [0.15, 0.2) is 54.9 Å². The molecule has 0 saturated carbocycles. The topological polar surface area (TPSA) is 75.6 Å². The molecule has 0 fully saturated rings. The smallest absolute Gasteiger partial charge is 0.252 e. The number of benzene rings is 2. The number of H-pyrrole nitrogens is 1. The number of hydrogen-bond acceptors (Lipinski definition) is 3. The summed E-state index contributed by atoms with van der Waals surface area (Å²) in [5.41, 5.74) is 3.26. The van der Waals surface area contributed by atoms with Crippen molar-refractivity contribution in [2.75, 3.05) is 6.54 Å². The van der Waals surface area contributed by atoms with Crippen LogP contribution in [0.4, 0.5) is 0 Å². The van der Waals surface area contributed by atoms with Gasteiger partial charge < -0.3 is 14.9 Å². The van der Waals surface area contributed by atoms with E-state index in [-0.39, 0.29) is 5.91 Å². The molecule has 0 saturated heterocycles. The van der Waals surface area contributed by atoms with Crippen molar-refractivity contribution < 1.29 is 4.79 Å². The van der Waals surface area contributed by atoms with Gasteiger partial charge in [-0.05, 0) is 30.7 Å². The number of fused-ring (bicyclic) bond motifs is 1. The number of aryl methyl sites for hydroxylation is 2. The molecule has 6 nitrogen and oxygen atoms in total. The molecule has 4 aromatic rings. The van der Waals surface area contributed by atoms with Crippen LogP contribution in [0.25, 0.3) is 22.4 Å². The Balaban J connectivity index is 1.38. The Morgan fingerprint density at radius 2 is 2.11 bits per heavy atom. The van der Waals surface area contributed by atoms with E-state index in [1.54, 1.807) is 6.20 Å². The molecule has 2 aromatic carbocycles. The maximum atomic E-state index is 12.7. The lowest BCUT2D eigenvalue weighted by Gasteiger charge is -2.10. The molecule has 142 valence electrons. The lowest BCUT2D eigenvalue weighted by Crippen LogP contribution is -2.25. The van der Waals surface area contributed by atoms with Gasteiger partial charge in [-0.1, -0.05) is 29.8 Å². The molecule has 0 aliphatic heterocycles. The van der Waals surface area contributed by atoms with E-state index >= 15 is 0 Å². The van der Waals surface area contributed by atoms with Crippen LogP contribution in [0.5, 0.6) is 0 Å². The molecule has 2 aromatic heterocycles. The highest BCUT2D eigenvalue weighted by molar-refractivity contribution is 6.31. The van der Waals surface area contributed by atoms with Crippen molar-refractivity contribution in [2.45, 2.75) is 12.8 Å². The first-order chi connectivity index (χ1) is 13.6. The van der Waals surface area contributed by atoms with Crippen LogP contribution in [-0.2, 0) is 13.5 Å². The second-order valence-corrected chi connectivity index (χ2v) is 7.05. The second-order valence-electron chi connectivity index (χ2n) is 6.61. The lowest BCUT2D eigenvalue weighted by molar-refractivity contribution is 0.0953. The highest BCUT2D eigenvalue weighted by Crippen LogP contribution is 2.21. The molecular formula is C21H20ClN5O. The fourth-order valence-corrected chi connectivity index (χ4v) is 3.38. The third kappa shape index (κ3) is 3.77. The van der Waals surface area contributed by atoms with Gasteiger partial charge in [-0.2, -0.15) is 0 Å². The number of halogens is 1. The van der Waals surface area contributed by atoms with Gasteiger partial charge in [-0.25, -0.2) is 9.97 Å². The lowest BCUT2D eigenvalue weighted by atomic mass is 10.1. The Hall–Kier alpha value is -3.12. The van der Waals surface area contributed by atoms with Crippen molar-refractivity contribution in [2.24, 2.45) is 7.05 Å². The number of carbonyl (C=O) groups excluding carboxylic acids is 1. The zero-order valence-electron chi connectivity index (χ0n) is 15.4. The molecule has 2 heterocycles. The average Bonchev–Trinajstić information content (AvgIpc) is 3.30. The number of carbonyl (C=O) groups is 1. The van der Waals surface area contributed by atoms with Crippen molar-refractivity contribution in [3.63, 3.8) is 0 Å². The predicted octanol–water partition coefficient (Wildman–Crippen LogP) is 3.98.